The molecule has 1 aliphatic rings. The highest BCUT2D eigenvalue weighted by Gasteiger charge is 2.31. The van der Waals surface area contributed by atoms with Crippen molar-refractivity contribution in [2.75, 3.05) is 23.4 Å². The lowest BCUT2D eigenvalue weighted by Gasteiger charge is -2.32. The van der Waals surface area contributed by atoms with E-state index >= 15 is 0 Å². The summed E-state index contributed by atoms with van der Waals surface area (Å²) in [6, 6.07) is 14.7. The molecule has 7 heteroatoms. The van der Waals surface area contributed by atoms with Crippen molar-refractivity contribution < 1.29 is 23.9 Å². The number of ether oxygens (including phenoxy) is 2. The minimum atomic E-state index is -0.624. The second-order valence-corrected chi connectivity index (χ2v) is 8.50. The maximum Gasteiger partial charge on any atom is 0.308 e. The Balaban J connectivity index is 1.48. The lowest BCUT2D eigenvalue weighted by Crippen LogP contribution is -2.45. The fourth-order valence-corrected chi connectivity index (χ4v) is 3.26. The smallest absolute Gasteiger partial charge is 0.308 e. The van der Waals surface area contributed by atoms with Crippen molar-refractivity contribution in [2.24, 2.45) is 0 Å². The third-order valence-corrected chi connectivity index (χ3v) is 5.01. The Kier molecular flexibility index (Phi) is 6.63. The molecule has 0 radical (unpaired) electrons. The zero-order chi connectivity index (χ0) is 22.6. The number of nitrogens with zero attached hydrogens (tertiary/aromatic N) is 1. The van der Waals surface area contributed by atoms with Gasteiger partial charge in [0.2, 0.25) is 0 Å². The highest BCUT2D eigenvalue weighted by Crippen LogP contribution is 2.33. The van der Waals surface area contributed by atoms with E-state index in [0.29, 0.717) is 17.1 Å². The molecule has 0 spiro atoms. The second kappa shape index (κ2) is 9.20. The van der Waals surface area contributed by atoms with Crippen LogP contribution < -0.4 is 15.0 Å². The van der Waals surface area contributed by atoms with Crippen molar-refractivity contribution >= 4 is 29.2 Å². The molecule has 7 nitrogen and oxygen atoms in total. The van der Waals surface area contributed by atoms with Gasteiger partial charge in [-0.05, 0) is 42.2 Å². The number of carbonyl (C=O) groups excluding carboxylic acids is 3. The normalized spacial score (nSPS) is 15.7. The summed E-state index contributed by atoms with van der Waals surface area (Å²) in [5.74, 6) is -0.594. The molecule has 1 heterocycles. The highest BCUT2D eigenvalue weighted by atomic mass is 16.5. The topological polar surface area (TPSA) is 84.9 Å². The lowest BCUT2D eigenvalue weighted by molar-refractivity contribution is -0.147. The minimum absolute atomic E-state index is 0.0260. The van der Waals surface area contributed by atoms with Crippen LogP contribution >= 0.6 is 0 Å². The standard InChI is InChI=1S/C24H28N2O5/c1-16-23(29)26(19-7-5-6-8-20(19)31-16)14-13-22(28)30-15-21(27)25-18-11-9-17(10-12-18)24(2,3)4/h5-12,16H,13-15H2,1-4H3,(H,25,27). The third kappa shape index (κ3) is 5.63. The molecule has 1 atom stereocenters. The second-order valence-electron chi connectivity index (χ2n) is 8.50. The van der Waals surface area contributed by atoms with Crippen LogP contribution in [0.15, 0.2) is 48.5 Å². The van der Waals surface area contributed by atoms with Crippen molar-refractivity contribution in [1.82, 2.24) is 0 Å². The van der Waals surface area contributed by atoms with Gasteiger partial charge >= 0.3 is 5.97 Å². The van der Waals surface area contributed by atoms with Crippen LogP contribution in [0.5, 0.6) is 5.75 Å². The quantitative estimate of drug-likeness (QED) is 0.715. The van der Waals surface area contributed by atoms with Gasteiger partial charge in [-0.3, -0.25) is 14.4 Å². The summed E-state index contributed by atoms with van der Waals surface area (Å²) in [7, 11) is 0. The highest BCUT2D eigenvalue weighted by molar-refractivity contribution is 6.00. The molecule has 3 rings (SSSR count). The van der Waals surface area contributed by atoms with Crippen molar-refractivity contribution in [3.63, 3.8) is 0 Å². The Bertz CT molecular complexity index is 963. The Morgan fingerprint density at radius 1 is 1.10 bits per heavy atom. The first kappa shape index (κ1) is 22.3. The van der Waals surface area contributed by atoms with E-state index in [4.69, 9.17) is 9.47 Å². The van der Waals surface area contributed by atoms with Gasteiger partial charge in [-0.1, -0.05) is 45.0 Å². The van der Waals surface area contributed by atoms with Crippen LogP contribution in [-0.2, 0) is 24.5 Å². The molecule has 0 fully saturated rings. The molecule has 0 bridgehead atoms. The van der Waals surface area contributed by atoms with Gasteiger partial charge < -0.3 is 19.7 Å². The predicted molar refractivity (Wildman–Crippen MR) is 118 cm³/mol. The van der Waals surface area contributed by atoms with Gasteiger partial charge in [0.15, 0.2) is 12.7 Å². The van der Waals surface area contributed by atoms with Gasteiger partial charge in [-0.15, -0.1) is 0 Å². The van der Waals surface area contributed by atoms with Gasteiger partial charge in [0.1, 0.15) is 5.75 Å². The molecule has 2 aromatic rings. The number of hydrogen-bond donors (Lipinski definition) is 1. The molecule has 31 heavy (non-hydrogen) atoms. The minimum Gasteiger partial charge on any atom is -0.479 e. The largest absolute Gasteiger partial charge is 0.479 e. The Labute approximate surface area is 182 Å². The van der Waals surface area contributed by atoms with E-state index < -0.39 is 18.0 Å². The average Bonchev–Trinajstić information content (AvgIpc) is 2.72. The molecule has 164 valence electrons. The van der Waals surface area contributed by atoms with E-state index in [0.717, 1.165) is 5.56 Å². The molecule has 1 unspecified atom stereocenters. The van der Waals surface area contributed by atoms with Crippen molar-refractivity contribution in [3.05, 3.63) is 54.1 Å². The molecule has 1 N–H and O–H groups in total. The molecule has 0 saturated heterocycles. The van der Waals surface area contributed by atoms with Gasteiger partial charge in [0, 0.05) is 12.2 Å². The number of hydrogen-bond acceptors (Lipinski definition) is 5. The molecule has 1 aliphatic heterocycles. The Morgan fingerprint density at radius 2 is 1.77 bits per heavy atom. The van der Waals surface area contributed by atoms with E-state index in [-0.39, 0.29) is 30.9 Å². The first-order chi connectivity index (χ1) is 14.6. The molecule has 0 aromatic heterocycles. The van der Waals surface area contributed by atoms with E-state index in [1.165, 1.54) is 4.90 Å². The number of fused-ring (bicyclic) bond motifs is 1. The number of para-hydroxylation sites is 2. The maximum absolute atomic E-state index is 12.4. The zero-order valence-electron chi connectivity index (χ0n) is 18.3. The summed E-state index contributed by atoms with van der Waals surface area (Å²) in [5.41, 5.74) is 2.44. The van der Waals surface area contributed by atoms with Crippen LogP contribution in [0.4, 0.5) is 11.4 Å². The maximum atomic E-state index is 12.4. The number of carbonyl (C=O) groups is 3. The van der Waals surface area contributed by atoms with E-state index in [2.05, 4.69) is 26.1 Å². The molecule has 2 aromatic carbocycles. The number of rotatable bonds is 6. The Morgan fingerprint density at radius 3 is 2.45 bits per heavy atom. The summed E-state index contributed by atoms with van der Waals surface area (Å²) < 4.78 is 10.7. The number of amides is 2. The van der Waals surface area contributed by atoms with E-state index in [1.807, 2.05) is 30.3 Å². The van der Waals surface area contributed by atoms with Gasteiger partial charge in [-0.25, -0.2) is 0 Å². The van der Waals surface area contributed by atoms with Crippen LogP contribution in [0.1, 0.15) is 39.7 Å². The number of anilines is 2. The van der Waals surface area contributed by atoms with Crippen molar-refractivity contribution in [3.8, 4) is 5.75 Å². The monoisotopic (exact) mass is 424 g/mol. The summed E-state index contributed by atoms with van der Waals surface area (Å²) in [4.78, 5) is 38.2. The van der Waals surface area contributed by atoms with Crippen molar-refractivity contribution in [1.29, 1.82) is 0 Å². The number of benzene rings is 2. The lowest BCUT2D eigenvalue weighted by atomic mass is 9.87. The SMILES string of the molecule is CC1Oc2ccccc2N(CCC(=O)OCC(=O)Nc2ccc(C(C)(C)C)cc2)C1=O. The van der Waals surface area contributed by atoms with Crippen LogP contribution in [0, 0.1) is 0 Å². The van der Waals surface area contributed by atoms with Crippen LogP contribution in [0.2, 0.25) is 0 Å². The van der Waals surface area contributed by atoms with E-state index in [9.17, 15) is 14.4 Å². The van der Waals surface area contributed by atoms with Crippen LogP contribution in [0.3, 0.4) is 0 Å². The molecule has 0 aliphatic carbocycles. The zero-order valence-corrected chi connectivity index (χ0v) is 18.3. The molecule has 0 saturated carbocycles. The predicted octanol–water partition coefficient (Wildman–Crippen LogP) is 3.67. The molecular weight excluding hydrogens is 396 g/mol. The summed E-state index contributed by atoms with van der Waals surface area (Å²) in [6.07, 6.45) is -0.651. The fourth-order valence-electron chi connectivity index (χ4n) is 3.26. The van der Waals surface area contributed by atoms with Crippen molar-refractivity contribution in [2.45, 2.75) is 45.6 Å². The number of nitrogens with one attached hydrogen (secondary N) is 1. The van der Waals surface area contributed by atoms with Crippen LogP contribution in [-0.4, -0.2) is 37.0 Å². The van der Waals surface area contributed by atoms with Gasteiger partial charge in [-0.2, -0.15) is 0 Å². The first-order valence-electron chi connectivity index (χ1n) is 10.3. The third-order valence-electron chi connectivity index (χ3n) is 5.01. The van der Waals surface area contributed by atoms with Gasteiger partial charge in [0.05, 0.1) is 12.1 Å². The molecule has 2 amide bonds. The summed E-state index contributed by atoms with van der Waals surface area (Å²) >= 11 is 0. The van der Waals surface area contributed by atoms with Crippen LogP contribution in [0.25, 0.3) is 0 Å². The Hall–Kier alpha value is -3.35. The molecular formula is C24H28N2O5. The average molecular weight is 424 g/mol. The summed E-state index contributed by atoms with van der Waals surface area (Å²) in [5, 5.41) is 2.71. The van der Waals surface area contributed by atoms with E-state index in [1.54, 1.807) is 25.1 Å². The first-order valence-corrected chi connectivity index (χ1v) is 10.3. The summed E-state index contributed by atoms with van der Waals surface area (Å²) in [6.45, 7) is 7.78. The number of esters is 1. The van der Waals surface area contributed by atoms with Gasteiger partial charge in [0.25, 0.3) is 11.8 Å². The fraction of sp³-hybridized carbons (Fsp3) is 0.375.